The number of halogens is 4. The maximum Gasteiger partial charge on any atom is 0.416 e. The molecule has 1 N–H and O–H groups in total. The highest BCUT2D eigenvalue weighted by molar-refractivity contribution is 7.99. The predicted octanol–water partition coefficient (Wildman–Crippen LogP) is 4.61. The van der Waals surface area contributed by atoms with Crippen molar-refractivity contribution in [2.24, 2.45) is 0 Å². The molecule has 0 amide bonds. The monoisotopic (exact) mass is 321 g/mol. The van der Waals surface area contributed by atoms with Gasteiger partial charge in [0, 0.05) is 17.8 Å². The third-order valence-corrected chi connectivity index (χ3v) is 5.01. The van der Waals surface area contributed by atoms with E-state index in [1.807, 2.05) is 11.8 Å². The molecule has 0 aromatic heterocycles. The van der Waals surface area contributed by atoms with Crippen LogP contribution in [0.2, 0.25) is 0 Å². The molecule has 1 aromatic rings. The number of thioether (sulfide) groups is 1. The van der Waals surface area contributed by atoms with Crippen molar-refractivity contribution in [2.75, 3.05) is 6.26 Å². The second-order valence-electron chi connectivity index (χ2n) is 5.40. The van der Waals surface area contributed by atoms with E-state index in [2.05, 4.69) is 11.6 Å². The molecule has 6 heteroatoms. The van der Waals surface area contributed by atoms with Crippen molar-refractivity contribution in [1.82, 2.24) is 5.32 Å². The van der Waals surface area contributed by atoms with Gasteiger partial charge in [-0.1, -0.05) is 12.5 Å². The minimum Gasteiger partial charge on any atom is -0.310 e. The summed E-state index contributed by atoms with van der Waals surface area (Å²) in [5.74, 6) is -0.855. The van der Waals surface area contributed by atoms with Crippen LogP contribution in [0.1, 0.15) is 36.8 Å². The summed E-state index contributed by atoms with van der Waals surface area (Å²) in [6, 6.07) is 3.11. The summed E-state index contributed by atoms with van der Waals surface area (Å²) < 4.78 is 51.8. The average molecular weight is 321 g/mol. The molecular formula is C15H19F4NS. The third kappa shape index (κ3) is 4.61. The zero-order valence-corrected chi connectivity index (χ0v) is 12.7. The van der Waals surface area contributed by atoms with Crippen LogP contribution in [0.3, 0.4) is 0 Å². The van der Waals surface area contributed by atoms with Gasteiger partial charge in [0.25, 0.3) is 0 Å². The van der Waals surface area contributed by atoms with Gasteiger partial charge in [-0.2, -0.15) is 24.9 Å². The molecule has 118 valence electrons. The first-order chi connectivity index (χ1) is 9.90. The average Bonchev–Trinajstić information content (AvgIpc) is 2.45. The number of hydrogen-bond acceptors (Lipinski definition) is 2. The van der Waals surface area contributed by atoms with Gasteiger partial charge in [-0.15, -0.1) is 0 Å². The first kappa shape index (κ1) is 16.6. The fourth-order valence-corrected chi connectivity index (χ4v) is 3.59. The first-order valence-electron chi connectivity index (χ1n) is 7.02. The number of nitrogens with one attached hydrogen (secondary N) is 1. The Morgan fingerprint density at radius 1 is 1.29 bits per heavy atom. The Labute approximate surface area is 126 Å². The fourth-order valence-electron chi connectivity index (χ4n) is 2.77. The minimum absolute atomic E-state index is 0.107. The Kier molecular flexibility index (Phi) is 5.54. The molecule has 1 aromatic carbocycles. The van der Waals surface area contributed by atoms with E-state index in [0.717, 1.165) is 25.3 Å². The molecule has 21 heavy (non-hydrogen) atoms. The predicted molar refractivity (Wildman–Crippen MR) is 77.8 cm³/mol. The molecule has 2 rings (SSSR count). The van der Waals surface area contributed by atoms with Crippen LogP contribution < -0.4 is 5.32 Å². The molecule has 1 saturated carbocycles. The molecule has 0 radical (unpaired) electrons. The Morgan fingerprint density at radius 3 is 2.71 bits per heavy atom. The summed E-state index contributed by atoms with van der Waals surface area (Å²) in [7, 11) is 0. The normalized spacial score (nSPS) is 23.3. The SMILES string of the molecule is CSC1CCCC(NCc2ccc(F)cc2C(F)(F)F)C1. The molecule has 2 unspecified atom stereocenters. The summed E-state index contributed by atoms with van der Waals surface area (Å²) in [5, 5.41) is 3.77. The third-order valence-electron chi connectivity index (χ3n) is 3.92. The molecule has 1 fully saturated rings. The topological polar surface area (TPSA) is 12.0 Å². The van der Waals surface area contributed by atoms with E-state index in [9.17, 15) is 17.6 Å². The van der Waals surface area contributed by atoms with Crippen LogP contribution in [-0.4, -0.2) is 17.5 Å². The molecule has 0 aliphatic heterocycles. The lowest BCUT2D eigenvalue weighted by Crippen LogP contribution is -2.35. The number of rotatable bonds is 4. The summed E-state index contributed by atoms with van der Waals surface area (Å²) in [5.41, 5.74) is -0.776. The molecule has 0 saturated heterocycles. The Morgan fingerprint density at radius 2 is 2.05 bits per heavy atom. The highest BCUT2D eigenvalue weighted by Crippen LogP contribution is 2.33. The van der Waals surface area contributed by atoms with Crippen LogP contribution in [0.15, 0.2) is 18.2 Å². The molecule has 0 spiro atoms. The van der Waals surface area contributed by atoms with Gasteiger partial charge in [-0.3, -0.25) is 0 Å². The van der Waals surface area contributed by atoms with Gasteiger partial charge in [-0.25, -0.2) is 4.39 Å². The molecule has 2 atom stereocenters. The van der Waals surface area contributed by atoms with Gasteiger partial charge in [0.2, 0.25) is 0 Å². The van der Waals surface area contributed by atoms with Gasteiger partial charge in [0.05, 0.1) is 5.56 Å². The zero-order valence-electron chi connectivity index (χ0n) is 11.8. The van der Waals surface area contributed by atoms with Crippen LogP contribution in [0.25, 0.3) is 0 Å². The summed E-state index contributed by atoms with van der Waals surface area (Å²) in [4.78, 5) is 0. The Bertz CT molecular complexity index is 475. The Balaban J connectivity index is 2.03. The molecule has 1 nitrogen and oxygen atoms in total. The summed E-state index contributed by atoms with van der Waals surface area (Å²) in [6.45, 7) is 0.126. The largest absolute Gasteiger partial charge is 0.416 e. The summed E-state index contributed by atoms with van der Waals surface area (Å²) >= 11 is 1.81. The van der Waals surface area contributed by atoms with E-state index in [1.54, 1.807) is 0 Å². The molecule has 1 aliphatic carbocycles. The van der Waals surface area contributed by atoms with E-state index >= 15 is 0 Å². The van der Waals surface area contributed by atoms with Crippen molar-refractivity contribution in [3.63, 3.8) is 0 Å². The molecule has 0 bridgehead atoms. The van der Waals surface area contributed by atoms with E-state index in [-0.39, 0.29) is 18.2 Å². The number of benzene rings is 1. The van der Waals surface area contributed by atoms with E-state index in [4.69, 9.17) is 0 Å². The molecule has 1 aliphatic rings. The van der Waals surface area contributed by atoms with Crippen molar-refractivity contribution in [2.45, 2.75) is 49.7 Å². The minimum atomic E-state index is -4.52. The maximum absolute atomic E-state index is 13.0. The van der Waals surface area contributed by atoms with Gasteiger partial charge in [0.15, 0.2) is 0 Å². The summed E-state index contributed by atoms with van der Waals surface area (Å²) in [6.07, 6.45) is 1.77. The van der Waals surface area contributed by atoms with Gasteiger partial charge < -0.3 is 5.32 Å². The Hall–Kier alpha value is -0.750. The quantitative estimate of drug-likeness (QED) is 0.813. The second kappa shape index (κ2) is 7.01. The van der Waals surface area contributed by atoms with Crippen LogP contribution in [0.5, 0.6) is 0 Å². The van der Waals surface area contributed by atoms with Crippen molar-refractivity contribution < 1.29 is 17.6 Å². The maximum atomic E-state index is 13.0. The standard InChI is InChI=1S/C15H19F4NS/c1-21-13-4-2-3-12(8-13)20-9-10-5-6-11(16)7-14(10)15(17,18)19/h5-7,12-13,20H,2-4,8-9H2,1H3. The highest BCUT2D eigenvalue weighted by Gasteiger charge is 2.33. The highest BCUT2D eigenvalue weighted by atomic mass is 32.2. The molecular weight excluding hydrogens is 302 g/mol. The van der Waals surface area contributed by atoms with Crippen molar-refractivity contribution in [1.29, 1.82) is 0 Å². The van der Waals surface area contributed by atoms with Crippen LogP contribution in [0, 0.1) is 5.82 Å². The van der Waals surface area contributed by atoms with Crippen molar-refractivity contribution in [3.8, 4) is 0 Å². The number of hydrogen-bond donors (Lipinski definition) is 1. The van der Waals surface area contributed by atoms with Crippen molar-refractivity contribution in [3.05, 3.63) is 35.1 Å². The van der Waals surface area contributed by atoms with E-state index < -0.39 is 17.6 Å². The van der Waals surface area contributed by atoms with Gasteiger partial charge >= 0.3 is 6.18 Å². The van der Waals surface area contributed by atoms with Crippen LogP contribution >= 0.6 is 11.8 Å². The van der Waals surface area contributed by atoms with Gasteiger partial charge in [-0.05, 0) is 43.2 Å². The van der Waals surface area contributed by atoms with Crippen molar-refractivity contribution >= 4 is 11.8 Å². The second-order valence-corrected chi connectivity index (χ2v) is 6.54. The van der Waals surface area contributed by atoms with E-state index in [1.165, 1.54) is 12.5 Å². The number of alkyl halides is 3. The van der Waals surface area contributed by atoms with E-state index in [0.29, 0.717) is 11.3 Å². The fraction of sp³-hybridized carbons (Fsp3) is 0.600. The van der Waals surface area contributed by atoms with Gasteiger partial charge in [0.1, 0.15) is 5.82 Å². The van der Waals surface area contributed by atoms with Crippen LogP contribution in [0.4, 0.5) is 17.6 Å². The lowest BCUT2D eigenvalue weighted by atomic mass is 9.94. The lowest BCUT2D eigenvalue weighted by Gasteiger charge is -2.29. The smallest absolute Gasteiger partial charge is 0.310 e. The lowest BCUT2D eigenvalue weighted by molar-refractivity contribution is -0.138. The van der Waals surface area contributed by atoms with Crippen LogP contribution in [-0.2, 0) is 12.7 Å². The molecule has 0 heterocycles. The first-order valence-corrected chi connectivity index (χ1v) is 8.30. The zero-order chi connectivity index (χ0) is 15.5.